The third-order valence-corrected chi connectivity index (χ3v) is 3.23. The van der Waals surface area contributed by atoms with E-state index in [4.69, 9.17) is 0 Å². The molecule has 0 N–H and O–H groups in total. The highest BCUT2D eigenvalue weighted by Gasteiger charge is 2.32. The van der Waals surface area contributed by atoms with E-state index in [0.717, 1.165) is 0 Å². The Morgan fingerprint density at radius 3 is 2.26 bits per heavy atom. The quantitative estimate of drug-likeness (QED) is 0.525. The summed E-state index contributed by atoms with van der Waals surface area (Å²) in [6.45, 7) is 0. The minimum atomic E-state index is -4.76. The van der Waals surface area contributed by atoms with Gasteiger partial charge in [-0.15, -0.1) is 13.2 Å². The van der Waals surface area contributed by atoms with Gasteiger partial charge in [-0.05, 0) is 46.4 Å². The monoisotopic (exact) mass is 382 g/mol. The molecule has 0 unspecified atom stereocenters. The van der Waals surface area contributed by atoms with E-state index >= 15 is 0 Å². The van der Waals surface area contributed by atoms with Gasteiger partial charge < -0.3 is 4.74 Å². The zero-order valence-corrected chi connectivity index (χ0v) is 11.5. The number of alkyl halides is 3. The van der Waals surface area contributed by atoms with Gasteiger partial charge >= 0.3 is 6.36 Å². The van der Waals surface area contributed by atoms with Gasteiger partial charge in [0.25, 0.3) is 0 Å². The standard InChI is InChI=1S/C13H7F4IO/c14-8-5-6-9(11(18)7-8)10-3-1-2-4-12(10)19-13(15,16)17/h1-7H. The topological polar surface area (TPSA) is 9.23 Å². The summed E-state index contributed by atoms with van der Waals surface area (Å²) in [5, 5.41) is 0. The average molecular weight is 382 g/mol. The maximum Gasteiger partial charge on any atom is 0.573 e. The summed E-state index contributed by atoms with van der Waals surface area (Å²) in [4.78, 5) is 0. The molecule has 2 aromatic rings. The van der Waals surface area contributed by atoms with Gasteiger partial charge in [-0.1, -0.05) is 24.3 Å². The minimum absolute atomic E-state index is 0.268. The van der Waals surface area contributed by atoms with Gasteiger partial charge in [0.15, 0.2) is 0 Å². The average Bonchev–Trinajstić information content (AvgIpc) is 2.28. The highest BCUT2D eigenvalue weighted by atomic mass is 127. The van der Waals surface area contributed by atoms with Gasteiger partial charge in [0.1, 0.15) is 11.6 Å². The molecule has 1 nitrogen and oxygen atoms in total. The predicted octanol–water partition coefficient (Wildman–Crippen LogP) is 5.00. The lowest BCUT2D eigenvalue weighted by atomic mass is 10.0. The first-order valence-electron chi connectivity index (χ1n) is 5.17. The summed E-state index contributed by atoms with van der Waals surface area (Å²) < 4.78 is 54.5. The van der Waals surface area contributed by atoms with Gasteiger partial charge in [-0.2, -0.15) is 0 Å². The van der Waals surface area contributed by atoms with E-state index in [2.05, 4.69) is 4.74 Å². The SMILES string of the molecule is Fc1ccc(-c2ccccc2OC(F)(F)F)c(I)c1. The molecule has 0 aliphatic heterocycles. The lowest BCUT2D eigenvalue weighted by molar-refractivity contribution is -0.274. The fourth-order valence-electron chi connectivity index (χ4n) is 1.61. The van der Waals surface area contributed by atoms with Crippen molar-refractivity contribution in [2.45, 2.75) is 6.36 Å². The van der Waals surface area contributed by atoms with E-state index in [0.29, 0.717) is 9.13 Å². The smallest absolute Gasteiger partial charge is 0.405 e. The van der Waals surface area contributed by atoms with Crippen LogP contribution in [0.2, 0.25) is 0 Å². The van der Waals surface area contributed by atoms with Crippen molar-refractivity contribution in [3.8, 4) is 16.9 Å². The van der Waals surface area contributed by atoms with Crippen LogP contribution in [0.5, 0.6) is 5.75 Å². The lowest BCUT2D eigenvalue weighted by Crippen LogP contribution is -2.17. The molecule has 100 valence electrons. The van der Waals surface area contributed by atoms with Crippen molar-refractivity contribution < 1.29 is 22.3 Å². The molecule has 0 fully saturated rings. The Kier molecular flexibility index (Phi) is 3.98. The van der Waals surface area contributed by atoms with E-state index in [-0.39, 0.29) is 11.3 Å². The van der Waals surface area contributed by atoms with E-state index in [1.165, 1.54) is 36.4 Å². The molecule has 0 saturated heterocycles. The highest BCUT2D eigenvalue weighted by molar-refractivity contribution is 14.1. The Morgan fingerprint density at radius 1 is 0.947 bits per heavy atom. The third kappa shape index (κ3) is 3.59. The summed E-state index contributed by atoms with van der Waals surface area (Å²) in [7, 11) is 0. The number of rotatable bonds is 2. The first-order valence-corrected chi connectivity index (χ1v) is 6.25. The third-order valence-electron chi connectivity index (χ3n) is 2.33. The van der Waals surface area contributed by atoms with Crippen molar-refractivity contribution in [1.29, 1.82) is 0 Å². The van der Waals surface area contributed by atoms with Crippen LogP contribution in [0.3, 0.4) is 0 Å². The number of hydrogen-bond acceptors (Lipinski definition) is 1. The molecule has 2 rings (SSSR count). The molecular weight excluding hydrogens is 375 g/mol. The van der Waals surface area contributed by atoms with Gasteiger partial charge in [-0.3, -0.25) is 0 Å². The normalized spacial score (nSPS) is 11.4. The Morgan fingerprint density at radius 2 is 1.63 bits per heavy atom. The maximum absolute atomic E-state index is 13.0. The second kappa shape index (κ2) is 5.36. The number of hydrogen-bond donors (Lipinski definition) is 0. The van der Waals surface area contributed by atoms with Crippen LogP contribution in [-0.2, 0) is 0 Å². The molecule has 0 spiro atoms. The Bertz CT molecular complexity index is 595. The van der Waals surface area contributed by atoms with Crippen LogP contribution >= 0.6 is 22.6 Å². The fraction of sp³-hybridized carbons (Fsp3) is 0.0769. The molecular formula is C13H7F4IO. The van der Waals surface area contributed by atoms with Crippen molar-refractivity contribution in [3.63, 3.8) is 0 Å². The lowest BCUT2D eigenvalue weighted by Gasteiger charge is -2.14. The summed E-state index contributed by atoms with van der Waals surface area (Å²) >= 11 is 1.87. The predicted molar refractivity (Wildman–Crippen MR) is 71.2 cm³/mol. The van der Waals surface area contributed by atoms with E-state index in [9.17, 15) is 17.6 Å². The van der Waals surface area contributed by atoms with Gasteiger partial charge in [0.05, 0.1) is 0 Å². The van der Waals surface area contributed by atoms with Gasteiger partial charge in [0.2, 0.25) is 0 Å². The molecule has 0 radical (unpaired) electrons. The van der Waals surface area contributed by atoms with E-state index < -0.39 is 12.2 Å². The van der Waals surface area contributed by atoms with Crippen LogP contribution in [0.1, 0.15) is 0 Å². The molecule has 0 aliphatic rings. The van der Waals surface area contributed by atoms with Crippen LogP contribution in [-0.4, -0.2) is 6.36 Å². The molecule has 0 aliphatic carbocycles. The van der Waals surface area contributed by atoms with Crippen molar-refractivity contribution >= 4 is 22.6 Å². The number of ether oxygens (including phenoxy) is 1. The number of benzene rings is 2. The number of para-hydroxylation sites is 1. The Labute approximate surface area is 120 Å². The van der Waals surface area contributed by atoms with Crippen LogP contribution < -0.4 is 4.74 Å². The van der Waals surface area contributed by atoms with Crippen molar-refractivity contribution in [1.82, 2.24) is 0 Å². The van der Waals surface area contributed by atoms with Gasteiger partial charge in [0, 0.05) is 9.13 Å². The molecule has 2 aromatic carbocycles. The second-order valence-electron chi connectivity index (χ2n) is 3.67. The zero-order chi connectivity index (χ0) is 14.0. The Balaban J connectivity index is 2.50. The molecule has 0 bridgehead atoms. The summed E-state index contributed by atoms with van der Waals surface area (Å²) in [5.74, 6) is -0.748. The van der Waals surface area contributed by atoms with Crippen molar-refractivity contribution in [2.75, 3.05) is 0 Å². The molecule has 0 heterocycles. The van der Waals surface area contributed by atoms with Crippen LogP contribution in [0.25, 0.3) is 11.1 Å². The van der Waals surface area contributed by atoms with Crippen LogP contribution in [0.15, 0.2) is 42.5 Å². The minimum Gasteiger partial charge on any atom is -0.405 e. The Hall–Kier alpha value is -1.31. The fourth-order valence-corrected chi connectivity index (χ4v) is 2.38. The van der Waals surface area contributed by atoms with E-state index in [1.54, 1.807) is 6.07 Å². The summed E-state index contributed by atoms with van der Waals surface area (Å²) in [6, 6.07) is 9.63. The maximum atomic E-state index is 13.0. The molecule has 19 heavy (non-hydrogen) atoms. The van der Waals surface area contributed by atoms with Crippen molar-refractivity contribution in [3.05, 3.63) is 51.9 Å². The molecule has 6 heteroatoms. The summed E-state index contributed by atoms with van der Waals surface area (Å²) in [6.07, 6.45) is -4.76. The molecule has 0 saturated carbocycles. The second-order valence-corrected chi connectivity index (χ2v) is 4.83. The molecule has 0 atom stereocenters. The van der Waals surface area contributed by atoms with Gasteiger partial charge in [-0.25, -0.2) is 4.39 Å². The highest BCUT2D eigenvalue weighted by Crippen LogP contribution is 2.36. The van der Waals surface area contributed by atoms with Crippen LogP contribution in [0, 0.1) is 9.39 Å². The molecule has 0 aromatic heterocycles. The largest absolute Gasteiger partial charge is 0.573 e. The van der Waals surface area contributed by atoms with E-state index in [1.807, 2.05) is 22.6 Å². The van der Waals surface area contributed by atoms with Crippen molar-refractivity contribution in [2.24, 2.45) is 0 Å². The first-order chi connectivity index (χ1) is 8.87. The first kappa shape index (κ1) is 14.1. The molecule has 0 amide bonds. The number of halogens is 5. The summed E-state index contributed by atoms with van der Waals surface area (Å²) in [5.41, 5.74) is 0.756. The van der Waals surface area contributed by atoms with Crippen LogP contribution in [0.4, 0.5) is 17.6 Å². The zero-order valence-electron chi connectivity index (χ0n) is 9.34.